The number of nitrogens with one attached hydrogen (secondary N) is 1. The maximum absolute atomic E-state index is 12.5. The number of phenols is 1. The Bertz CT molecular complexity index is 836. The summed E-state index contributed by atoms with van der Waals surface area (Å²) in [7, 11) is -2.50. The molecular formula is C14H13N3O4S. The Morgan fingerprint density at radius 3 is 2.73 bits per heavy atom. The lowest BCUT2D eigenvalue weighted by Crippen LogP contribution is -2.33. The summed E-state index contributed by atoms with van der Waals surface area (Å²) in [5, 5.41) is 12.5. The fraction of sp³-hybridized carbons (Fsp3) is 0.143. The Morgan fingerprint density at radius 2 is 2.05 bits per heavy atom. The van der Waals surface area contributed by atoms with Crippen molar-refractivity contribution in [2.24, 2.45) is 0 Å². The molecule has 0 spiro atoms. The molecule has 1 aromatic carbocycles. The molecule has 1 amide bonds. The third kappa shape index (κ3) is 2.13. The monoisotopic (exact) mass is 319 g/mol. The number of pyridine rings is 1. The van der Waals surface area contributed by atoms with Crippen LogP contribution in [-0.4, -0.2) is 35.8 Å². The van der Waals surface area contributed by atoms with Gasteiger partial charge in [-0.15, -0.1) is 0 Å². The first-order valence-corrected chi connectivity index (χ1v) is 7.89. The van der Waals surface area contributed by atoms with E-state index in [1.807, 2.05) is 0 Å². The highest BCUT2D eigenvalue weighted by molar-refractivity contribution is 7.89. The van der Waals surface area contributed by atoms with Crippen molar-refractivity contribution in [2.45, 2.75) is 10.9 Å². The van der Waals surface area contributed by atoms with E-state index in [1.54, 1.807) is 18.2 Å². The highest BCUT2D eigenvalue weighted by Crippen LogP contribution is 2.43. The second-order valence-corrected chi connectivity index (χ2v) is 6.78. The van der Waals surface area contributed by atoms with Gasteiger partial charge in [-0.2, -0.15) is 4.31 Å². The molecule has 3 rings (SSSR count). The van der Waals surface area contributed by atoms with Crippen LogP contribution >= 0.6 is 0 Å². The number of likely N-dealkylation sites (N-methyl/N-ethyl adjacent to an activating group) is 1. The number of phenolic OH excluding ortho intramolecular Hbond substituents is 1. The van der Waals surface area contributed by atoms with Crippen LogP contribution in [0.3, 0.4) is 0 Å². The number of benzene rings is 1. The number of carbonyl (C=O) groups is 1. The van der Waals surface area contributed by atoms with E-state index < -0.39 is 22.0 Å². The van der Waals surface area contributed by atoms with Gasteiger partial charge in [0, 0.05) is 18.8 Å². The lowest BCUT2D eigenvalue weighted by Gasteiger charge is -2.18. The molecule has 0 radical (unpaired) electrons. The molecule has 0 aliphatic carbocycles. The van der Waals surface area contributed by atoms with Crippen LogP contribution in [0.4, 0.5) is 5.82 Å². The van der Waals surface area contributed by atoms with Gasteiger partial charge in [-0.1, -0.05) is 12.1 Å². The number of anilines is 1. The fourth-order valence-corrected chi connectivity index (χ4v) is 3.97. The number of sulfonamides is 1. The molecule has 1 aliphatic heterocycles. The van der Waals surface area contributed by atoms with Crippen LogP contribution in [0.2, 0.25) is 0 Å². The van der Waals surface area contributed by atoms with Crippen molar-refractivity contribution in [1.82, 2.24) is 9.29 Å². The maximum atomic E-state index is 12.5. The lowest BCUT2D eigenvalue weighted by atomic mass is 10.1. The summed E-state index contributed by atoms with van der Waals surface area (Å²) in [6, 6.07) is 8.00. The molecule has 1 aliphatic rings. The molecule has 0 fully saturated rings. The number of amides is 1. The van der Waals surface area contributed by atoms with Gasteiger partial charge >= 0.3 is 0 Å². The van der Waals surface area contributed by atoms with Crippen molar-refractivity contribution in [3.63, 3.8) is 0 Å². The molecule has 1 unspecified atom stereocenters. The number of carbonyl (C=O) groups excluding carboxylic acids is 1. The van der Waals surface area contributed by atoms with Crippen LogP contribution in [0.5, 0.6) is 5.75 Å². The summed E-state index contributed by atoms with van der Waals surface area (Å²) in [6.07, 6.45) is 1.51. The molecule has 114 valence electrons. The minimum absolute atomic E-state index is 0.0591. The average Bonchev–Trinajstić information content (AvgIpc) is 2.69. The SMILES string of the molecule is CN1C(C(=O)Nc2ccccn2)c2c(O)cccc2S1(=O)=O. The average molecular weight is 319 g/mol. The van der Waals surface area contributed by atoms with Gasteiger partial charge in [0.15, 0.2) is 0 Å². The standard InChI is InChI=1S/C14H13N3O4S/c1-17-13(14(19)16-11-7-2-3-8-15-11)12-9(18)5-4-6-10(12)22(17,20)21/h2-8,13,18H,1H3,(H,15,16,19). The van der Waals surface area contributed by atoms with E-state index in [0.29, 0.717) is 5.82 Å². The van der Waals surface area contributed by atoms with Crippen molar-refractivity contribution in [1.29, 1.82) is 0 Å². The summed E-state index contributed by atoms with van der Waals surface area (Å²) in [6.45, 7) is 0. The summed E-state index contributed by atoms with van der Waals surface area (Å²) < 4.78 is 25.6. The third-order valence-corrected chi connectivity index (χ3v) is 5.38. The van der Waals surface area contributed by atoms with Crippen LogP contribution in [0.1, 0.15) is 11.6 Å². The van der Waals surface area contributed by atoms with Crippen molar-refractivity contribution >= 4 is 21.7 Å². The van der Waals surface area contributed by atoms with Gasteiger partial charge in [-0.25, -0.2) is 13.4 Å². The number of rotatable bonds is 2. The van der Waals surface area contributed by atoms with Crippen molar-refractivity contribution in [2.75, 3.05) is 12.4 Å². The van der Waals surface area contributed by atoms with Crippen molar-refractivity contribution < 1.29 is 18.3 Å². The van der Waals surface area contributed by atoms with Gasteiger partial charge in [0.2, 0.25) is 15.9 Å². The third-order valence-electron chi connectivity index (χ3n) is 3.50. The number of nitrogens with zero attached hydrogens (tertiary/aromatic N) is 2. The Balaban J connectivity index is 2.03. The van der Waals surface area contributed by atoms with E-state index in [1.165, 1.54) is 31.4 Å². The number of aromatic hydroxyl groups is 1. The van der Waals surface area contributed by atoms with E-state index in [9.17, 15) is 18.3 Å². The first-order valence-electron chi connectivity index (χ1n) is 6.45. The molecule has 8 heteroatoms. The highest BCUT2D eigenvalue weighted by atomic mass is 32.2. The molecule has 0 saturated heterocycles. The second kappa shape index (κ2) is 5.08. The van der Waals surface area contributed by atoms with Crippen molar-refractivity contribution in [3.05, 3.63) is 48.2 Å². The maximum Gasteiger partial charge on any atom is 0.248 e. The van der Waals surface area contributed by atoms with Crippen molar-refractivity contribution in [3.8, 4) is 5.75 Å². The number of aromatic nitrogens is 1. The van der Waals surface area contributed by atoms with Gasteiger partial charge < -0.3 is 10.4 Å². The Morgan fingerprint density at radius 1 is 1.27 bits per heavy atom. The zero-order valence-corrected chi connectivity index (χ0v) is 12.4. The minimum Gasteiger partial charge on any atom is -0.508 e. The van der Waals surface area contributed by atoms with Crippen LogP contribution < -0.4 is 5.32 Å². The first kappa shape index (κ1) is 14.5. The van der Waals surface area contributed by atoms with E-state index in [2.05, 4.69) is 10.3 Å². The van der Waals surface area contributed by atoms with E-state index in [4.69, 9.17) is 0 Å². The van der Waals surface area contributed by atoms with E-state index in [0.717, 1.165) is 4.31 Å². The molecule has 2 aromatic rings. The molecule has 0 bridgehead atoms. The van der Waals surface area contributed by atoms with Crippen LogP contribution in [0.15, 0.2) is 47.5 Å². The topological polar surface area (TPSA) is 99.6 Å². The Labute approximate surface area is 127 Å². The molecule has 1 aromatic heterocycles. The molecule has 0 saturated carbocycles. The normalized spacial score (nSPS) is 19.6. The first-order chi connectivity index (χ1) is 10.4. The number of fused-ring (bicyclic) bond motifs is 1. The molecule has 2 heterocycles. The lowest BCUT2D eigenvalue weighted by molar-refractivity contribution is -0.119. The molecule has 2 N–H and O–H groups in total. The summed E-state index contributed by atoms with van der Waals surface area (Å²) in [5.74, 6) is -0.501. The van der Waals surface area contributed by atoms with E-state index in [-0.39, 0.29) is 16.2 Å². The smallest absolute Gasteiger partial charge is 0.248 e. The van der Waals surface area contributed by atoms with Gasteiger partial charge in [0.25, 0.3) is 0 Å². The van der Waals surface area contributed by atoms with Crippen LogP contribution in [0.25, 0.3) is 0 Å². The summed E-state index contributed by atoms with van der Waals surface area (Å²) in [5.41, 5.74) is 0.0819. The molecule has 7 nitrogen and oxygen atoms in total. The largest absolute Gasteiger partial charge is 0.508 e. The number of hydrogen-bond donors (Lipinski definition) is 2. The fourth-order valence-electron chi connectivity index (χ4n) is 2.44. The molecule has 1 atom stereocenters. The Kier molecular flexibility index (Phi) is 3.34. The number of hydrogen-bond acceptors (Lipinski definition) is 5. The van der Waals surface area contributed by atoms with Gasteiger partial charge in [0.1, 0.15) is 17.6 Å². The predicted molar refractivity (Wildman–Crippen MR) is 78.7 cm³/mol. The Hall–Kier alpha value is -2.45. The predicted octanol–water partition coefficient (Wildman–Crippen LogP) is 1.10. The van der Waals surface area contributed by atoms with Gasteiger partial charge in [-0.3, -0.25) is 4.79 Å². The molecule has 22 heavy (non-hydrogen) atoms. The highest BCUT2D eigenvalue weighted by Gasteiger charge is 2.45. The minimum atomic E-state index is -3.80. The second-order valence-electron chi connectivity index (χ2n) is 4.82. The van der Waals surface area contributed by atoms with Gasteiger partial charge in [-0.05, 0) is 24.3 Å². The summed E-state index contributed by atoms with van der Waals surface area (Å²) in [4.78, 5) is 16.4. The molecular weight excluding hydrogens is 306 g/mol. The van der Waals surface area contributed by atoms with Crippen LogP contribution in [0, 0.1) is 0 Å². The summed E-state index contributed by atoms with van der Waals surface area (Å²) >= 11 is 0. The van der Waals surface area contributed by atoms with Crippen LogP contribution in [-0.2, 0) is 14.8 Å². The zero-order valence-electron chi connectivity index (χ0n) is 11.6. The zero-order chi connectivity index (χ0) is 15.9. The quantitative estimate of drug-likeness (QED) is 0.863. The van der Waals surface area contributed by atoms with Gasteiger partial charge in [0.05, 0.1) is 4.90 Å². The van der Waals surface area contributed by atoms with E-state index >= 15 is 0 Å².